The third-order valence-electron chi connectivity index (χ3n) is 3.83. The lowest BCUT2D eigenvalue weighted by Crippen LogP contribution is -2.43. The van der Waals surface area contributed by atoms with E-state index in [0.29, 0.717) is 44.6 Å². The Kier molecular flexibility index (Phi) is 6.39. The molecule has 2 amide bonds. The molecule has 0 saturated carbocycles. The van der Waals surface area contributed by atoms with E-state index in [1.54, 1.807) is 7.11 Å². The Labute approximate surface area is 139 Å². The molecule has 0 aromatic heterocycles. The summed E-state index contributed by atoms with van der Waals surface area (Å²) in [6, 6.07) is 7.39. The lowest BCUT2D eigenvalue weighted by atomic mass is 9.95. The second-order valence-electron chi connectivity index (χ2n) is 5.36. The standard InChI is InChI=1S/C16H21BrN2O3/c1-22-10-7-18-15(20)12-5-8-19(9-6-12)16(21)13-3-2-4-14(17)11-13/h2-4,11-12H,5-10H2,1H3,(H,18,20). The van der Waals surface area contributed by atoms with Crippen molar-refractivity contribution in [3.05, 3.63) is 34.3 Å². The van der Waals surface area contributed by atoms with Crippen molar-refractivity contribution >= 4 is 27.7 Å². The molecule has 5 nitrogen and oxygen atoms in total. The van der Waals surface area contributed by atoms with Crippen LogP contribution in [0, 0.1) is 5.92 Å². The lowest BCUT2D eigenvalue weighted by molar-refractivity contribution is -0.126. The van der Waals surface area contributed by atoms with Crippen molar-refractivity contribution in [2.75, 3.05) is 33.4 Å². The number of halogens is 1. The predicted octanol–water partition coefficient (Wildman–Crippen LogP) is 2.06. The van der Waals surface area contributed by atoms with Gasteiger partial charge in [-0.15, -0.1) is 0 Å². The largest absolute Gasteiger partial charge is 0.383 e. The fourth-order valence-corrected chi connectivity index (χ4v) is 2.97. The van der Waals surface area contributed by atoms with Gasteiger partial charge in [0.05, 0.1) is 6.61 Å². The van der Waals surface area contributed by atoms with Crippen molar-refractivity contribution in [2.45, 2.75) is 12.8 Å². The molecule has 6 heteroatoms. The number of hydrogen-bond donors (Lipinski definition) is 1. The molecule has 1 saturated heterocycles. The Balaban J connectivity index is 1.84. The Bertz CT molecular complexity index is 528. The van der Waals surface area contributed by atoms with Crippen LogP contribution >= 0.6 is 15.9 Å². The van der Waals surface area contributed by atoms with E-state index in [-0.39, 0.29) is 17.7 Å². The lowest BCUT2D eigenvalue weighted by Gasteiger charge is -2.31. The van der Waals surface area contributed by atoms with E-state index in [2.05, 4.69) is 21.2 Å². The number of piperidine rings is 1. The Hall–Kier alpha value is -1.40. The van der Waals surface area contributed by atoms with Crippen molar-refractivity contribution in [3.63, 3.8) is 0 Å². The summed E-state index contributed by atoms with van der Waals surface area (Å²) >= 11 is 3.38. The average Bonchev–Trinajstić information content (AvgIpc) is 2.54. The van der Waals surface area contributed by atoms with Crippen molar-refractivity contribution in [1.82, 2.24) is 10.2 Å². The van der Waals surface area contributed by atoms with Crippen LogP contribution in [0.2, 0.25) is 0 Å². The fraction of sp³-hybridized carbons (Fsp3) is 0.500. The Morgan fingerprint density at radius 3 is 2.73 bits per heavy atom. The molecule has 2 rings (SSSR count). The highest BCUT2D eigenvalue weighted by Crippen LogP contribution is 2.20. The molecule has 0 radical (unpaired) electrons. The molecule has 0 bridgehead atoms. The summed E-state index contributed by atoms with van der Waals surface area (Å²) < 4.78 is 5.81. The van der Waals surface area contributed by atoms with Crippen molar-refractivity contribution in [1.29, 1.82) is 0 Å². The first-order valence-electron chi connectivity index (χ1n) is 7.43. The summed E-state index contributed by atoms with van der Waals surface area (Å²) in [5, 5.41) is 2.86. The number of benzene rings is 1. The van der Waals surface area contributed by atoms with Crippen molar-refractivity contribution < 1.29 is 14.3 Å². The van der Waals surface area contributed by atoms with Gasteiger partial charge in [-0.05, 0) is 31.0 Å². The van der Waals surface area contributed by atoms with Crippen LogP contribution in [0.3, 0.4) is 0 Å². The van der Waals surface area contributed by atoms with Gasteiger partial charge in [0.25, 0.3) is 5.91 Å². The third kappa shape index (κ3) is 4.55. The van der Waals surface area contributed by atoms with Gasteiger partial charge in [-0.3, -0.25) is 9.59 Å². The number of amides is 2. The zero-order chi connectivity index (χ0) is 15.9. The molecular formula is C16H21BrN2O3. The predicted molar refractivity (Wildman–Crippen MR) is 87.7 cm³/mol. The number of ether oxygens (including phenoxy) is 1. The number of methoxy groups -OCH3 is 1. The first-order chi connectivity index (χ1) is 10.6. The monoisotopic (exact) mass is 368 g/mol. The van der Waals surface area contributed by atoms with Gasteiger partial charge in [-0.1, -0.05) is 22.0 Å². The average molecular weight is 369 g/mol. The van der Waals surface area contributed by atoms with Crippen LogP contribution in [-0.2, 0) is 9.53 Å². The third-order valence-corrected chi connectivity index (χ3v) is 4.32. The number of nitrogens with one attached hydrogen (secondary N) is 1. The van der Waals surface area contributed by atoms with Crippen molar-refractivity contribution in [3.8, 4) is 0 Å². The minimum atomic E-state index is -0.0107. The van der Waals surface area contributed by atoms with Gasteiger partial charge in [0.1, 0.15) is 0 Å². The topological polar surface area (TPSA) is 58.6 Å². The number of carbonyl (C=O) groups excluding carboxylic acids is 2. The number of rotatable bonds is 5. The highest BCUT2D eigenvalue weighted by Gasteiger charge is 2.27. The van der Waals surface area contributed by atoms with Gasteiger partial charge < -0.3 is 15.0 Å². The van der Waals surface area contributed by atoms with Gasteiger partial charge in [0, 0.05) is 42.7 Å². The minimum Gasteiger partial charge on any atom is -0.383 e. The van der Waals surface area contributed by atoms with Gasteiger partial charge in [-0.25, -0.2) is 0 Å². The Morgan fingerprint density at radius 2 is 2.09 bits per heavy atom. The normalized spacial score (nSPS) is 15.6. The fourth-order valence-electron chi connectivity index (χ4n) is 2.57. The van der Waals surface area contributed by atoms with E-state index in [1.807, 2.05) is 29.2 Å². The zero-order valence-electron chi connectivity index (χ0n) is 12.7. The molecule has 0 unspecified atom stereocenters. The maximum absolute atomic E-state index is 12.4. The number of hydrogen-bond acceptors (Lipinski definition) is 3. The van der Waals surface area contributed by atoms with Crippen LogP contribution < -0.4 is 5.32 Å². The van der Waals surface area contributed by atoms with E-state index in [0.717, 1.165) is 4.47 Å². The van der Waals surface area contributed by atoms with E-state index < -0.39 is 0 Å². The first kappa shape index (κ1) is 17.0. The summed E-state index contributed by atoms with van der Waals surface area (Å²) in [4.78, 5) is 26.2. The maximum atomic E-state index is 12.4. The van der Waals surface area contributed by atoms with Crippen LogP contribution in [0.25, 0.3) is 0 Å². The molecule has 22 heavy (non-hydrogen) atoms. The number of nitrogens with zero attached hydrogens (tertiary/aromatic N) is 1. The molecule has 0 spiro atoms. The highest BCUT2D eigenvalue weighted by molar-refractivity contribution is 9.10. The summed E-state index contributed by atoms with van der Waals surface area (Å²) in [6.45, 7) is 2.29. The summed E-state index contributed by atoms with van der Waals surface area (Å²) in [7, 11) is 1.61. The molecular weight excluding hydrogens is 348 g/mol. The van der Waals surface area contributed by atoms with Gasteiger partial charge in [-0.2, -0.15) is 0 Å². The SMILES string of the molecule is COCCNC(=O)C1CCN(C(=O)c2cccc(Br)c2)CC1. The number of carbonyl (C=O) groups is 2. The summed E-state index contributed by atoms with van der Waals surface area (Å²) in [6.07, 6.45) is 1.41. The van der Waals surface area contributed by atoms with Gasteiger partial charge >= 0.3 is 0 Å². The second-order valence-corrected chi connectivity index (χ2v) is 6.28. The number of likely N-dealkylation sites (tertiary alicyclic amines) is 1. The van der Waals surface area contributed by atoms with Crippen LogP contribution in [0.4, 0.5) is 0 Å². The van der Waals surface area contributed by atoms with Crippen LogP contribution in [0.5, 0.6) is 0 Å². The van der Waals surface area contributed by atoms with E-state index >= 15 is 0 Å². The van der Waals surface area contributed by atoms with E-state index in [4.69, 9.17) is 4.74 Å². The highest BCUT2D eigenvalue weighted by atomic mass is 79.9. The molecule has 1 aromatic rings. The van der Waals surface area contributed by atoms with Crippen LogP contribution in [0.1, 0.15) is 23.2 Å². The minimum absolute atomic E-state index is 0.0107. The molecule has 120 valence electrons. The molecule has 0 aliphatic carbocycles. The molecule has 1 aliphatic rings. The molecule has 1 N–H and O–H groups in total. The van der Waals surface area contributed by atoms with Crippen molar-refractivity contribution in [2.24, 2.45) is 5.92 Å². The van der Waals surface area contributed by atoms with Gasteiger partial charge in [0.2, 0.25) is 5.91 Å². The molecule has 1 aromatic carbocycles. The first-order valence-corrected chi connectivity index (χ1v) is 8.22. The maximum Gasteiger partial charge on any atom is 0.253 e. The molecule has 0 atom stereocenters. The van der Waals surface area contributed by atoms with Gasteiger partial charge in [0.15, 0.2) is 0 Å². The molecule has 1 fully saturated rings. The quantitative estimate of drug-likeness (QED) is 0.809. The van der Waals surface area contributed by atoms with E-state index in [1.165, 1.54) is 0 Å². The summed E-state index contributed by atoms with van der Waals surface area (Å²) in [5.41, 5.74) is 0.678. The van der Waals surface area contributed by atoms with E-state index in [9.17, 15) is 9.59 Å². The second kappa shape index (κ2) is 8.29. The zero-order valence-corrected chi connectivity index (χ0v) is 14.3. The molecule has 1 heterocycles. The van der Waals surface area contributed by atoms with Crippen LogP contribution in [0.15, 0.2) is 28.7 Å². The molecule has 1 aliphatic heterocycles. The smallest absolute Gasteiger partial charge is 0.253 e. The van der Waals surface area contributed by atoms with Crippen LogP contribution in [-0.4, -0.2) is 50.1 Å². The Morgan fingerprint density at radius 1 is 1.36 bits per heavy atom. The summed E-state index contributed by atoms with van der Waals surface area (Å²) in [5.74, 6) is 0.0783.